The Balaban J connectivity index is 2.15. The van der Waals surface area contributed by atoms with E-state index in [1.165, 1.54) is 7.11 Å². The molecule has 0 aliphatic heterocycles. The summed E-state index contributed by atoms with van der Waals surface area (Å²) in [5, 5.41) is 0.842. The molecular formula is C26H31Cl3N3O3+. The van der Waals surface area contributed by atoms with Gasteiger partial charge in [0.2, 0.25) is 0 Å². The molecule has 188 valence electrons. The zero-order chi connectivity index (χ0) is 25.8. The molecule has 0 bridgehead atoms. The third kappa shape index (κ3) is 5.78. The van der Waals surface area contributed by atoms with Crippen molar-refractivity contribution in [2.45, 2.75) is 40.3 Å². The third-order valence-corrected chi connectivity index (χ3v) is 7.32. The van der Waals surface area contributed by atoms with Gasteiger partial charge in [0.25, 0.3) is 0 Å². The minimum atomic E-state index is -0.102. The van der Waals surface area contributed by atoms with Gasteiger partial charge in [-0.2, -0.15) is 0 Å². The van der Waals surface area contributed by atoms with E-state index in [1.807, 2.05) is 35.8 Å². The number of rotatable bonds is 11. The maximum Gasteiger partial charge on any atom is 0.306 e. The van der Waals surface area contributed by atoms with Gasteiger partial charge < -0.3 is 14.0 Å². The van der Waals surface area contributed by atoms with E-state index in [9.17, 15) is 4.79 Å². The smallest absolute Gasteiger partial charge is 0.306 e. The largest absolute Gasteiger partial charge is 0.493 e. The van der Waals surface area contributed by atoms with Crippen molar-refractivity contribution in [3.63, 3.8) is 0 Å². The average molecular weight is 540 g/mol. The highest BCUT2D eigenvalue weighted by Crippen LogP contribution is 2.44. The van der Waals surface area contributed by atoms with E-state index in [0.717, 1.165) is 24.0 Å². The number of nitrogens with zero attached hydrogens (tertiary/aromatic N) is 3. The van der Waals surface area contributed by atoms with E-state index < -0.39 is 0 Å². The van der Waals surface area contributed by atoms with E-state index in [1.54, 1.807) is 19.2 Å². The van der Waals surface area contributed by atoms with Gasteiger partial charge in [0.1, 0.15) is 16.7 Å². The van der Waals surface area contributed by atoms with Gasteiger partial charge in [0, 0.05) is 6.07 Å². The first kappa shape index (κ1) is 27.3. The molecule has 1 atom stereocenters. The summed E-state index contributed by atoms with van der Waals surface area (Å²) >= 11 is 19.8. The van der Waals surface area contributed by atoms with Gasteiger partial charge in [-0.1, -0.05) is 72.9 Å². The number of carbonyl (C=O) groups is 1. The Bertz CT molecular complexity index is 1200. The van der Waals surface area contributed by atoms with Crippen molar-refractivity contribution >= 4 is 46.9 Å². The minimum Gasteiger partial charge on any atom is -0.493 e. The van der Waals surface area contributed by atoms with Crippen LogP contribution < -0.4 is 14.0 Å². The molecule has 1 amide bonds. The van der Waals surface area contributed by atoms with E-state index in [-0.39, 0.29) is 16.2 Å². The van der Waals surface area contributed by atoms with Gasteiger partial charge in [-0.15, -0.1) is 0 Å². The van der Waals surface area contributed by atoms with Crippen molar-refractivity contribution in [1.29, 1.82) is 0 Å². The summed E-state index contributed by atoms with van der Waals surface area (Å²) in [6, 6.07) is 11.6. The van der Waals surface area contributed by atoms with Gasteiger partial charge in [-0.05, 0) is 36.5 Å². The molecule has 0 spiro atoms. The van der Waals surface area contributed by atoms with Crippen LogP contribution in [0.25, 0.3) is 0 Å². The third-order valence-electron chi connectivity index (χ3n) is 6.21. The SMILES string of the molecule is COc1ccc([N+](C=O)(CCC(C)C)Cc2nc(Cl)c(Cl)n2Cc2ccccc2C)c(Cl)c1OC. The lowest BCUT2D eigenvalue weighted by atomic mass is 10.1. The Labute approximate surface area is 221 Å². The number of amides is 1. The fourth-order valence-electron chi connectivity index (χ4n) is 4.08. The Morgan fingerprint density at radius 2 is 1.80 bits per heavy atom. The molecule has 3 rings (SSSR count). The summed E-state index contributed by atoms with van der Waals surface area (Å²) < 4.78 is 12.7. The van der Waals surface area contributed by atoms with Crippen LogP contribution in [-0.2, 0) is 17.9 Å². The normalized spacial score (nSPS) is 13.1. The lowest BCUT2D eigenvalue weighted by Crippen LogP contribution is -2.49. The van der Waals surface area contributed by atoms with Gasteiger partial charge in [0.05, 0.1) is 27.3 Å². The Morgan fingerprint density at radius 1 is 1.09 bits per heavy atom. The highest BCUT2D eigenvalue weighted by Gasteiger charge is 2.37. The molecule has 0 N–H and O–H groups in total. The molecule has 9 heteroatoms. The molecule has 0 fully saturated rings. The number of quaternary nitrogens is 1. The first-order valence-electron chi connectivity index (χ1n) is 11.4. The van der Waals surface area contributed by atoms with Crippen molar-refractivity contribution in [2.75, 3.05) is 20.8 Å². The number of imidazole rings is 1. The average Bonchev–Trinajstić information content (AvgIpc) is 3.10. The monoisotopic (exact) mass is 538 g/mol. The van der Waals surface area contributed by atoms with E-state index >= 15 is 0 Å². The quantitative estimate of drug-likeness (QED) is 0.196. The van der Waals surface area contributed by atoms with Crippen molar-refractivity contribution in [3.8, 4) is 11.5 Å². The summed E-state index contributed by atoms with van der Waals surface area (Å²) in [6.45, 7) is 7.46. The Hall–Kier alpha value is -2.25. The second-order valence-electron chi connectivity index (χ2n) is 8.96. The number of hydrogen-bond donors (Lipinski definition) is 0. The first-order chi connectivity index (χ1) is 16.7. The van der Waals surface area contributed by atoms with Crippen molar-refractivity contribution < 1.29 is 14.3 Å². The van der Waals surface area contributed by atoms with Gasteiger partial charge in [-0.25, -0.2) is 14.3 Å². The molecule has 6 nitrogen and oxygen atoms in total. The summed E-state index contributed by atoms with van der Waals surface area (Å²) in [7, 11) is 3.06. The number of halogens is 3. The number of aromatic nitrogens is 2. The van der Waals surface area contributed by atoms with E-state index in [0.29, 0.717) is 52.2 Å². The summed E-state index contributed by atoms with van der Waals surface area (Å²) in [6.07, 6.45) is 1.69. The number of methoxy groups -OCH3 is 2. The van der Waals surface area contributed by atoms with Crippen molar-refractivity contribution in [1.82, 2.24) is 14.0 Å². The second-order valence-corrected chi connectivity index (χ2v) is 10.1. The summed E-state index contributed by atoms with van der Waals surface area (Å²) in [5.74, 6) is 1.82. The topological polar surface area (TPSA) is 53.3 Å². The van der Waals surface area contributed by atoms with Crippen LogP contribution in [0.4, 0.5) is 5.69 Å². The Kier molecular flexibility index (Phi) is 9.11. The molecule has 35 heavy (non-hydrogen) atoms. The number of aryl methyl sites for hydroxylation is 1. The molecule has 1 unspecified atom stereocenters. The Morgan fingerprint density at radius 3 is 2.40 bits per heavy atom. The molecule has 0 aliphatic carbocycles. The highest BCUT2D eigenvalue weighted by molar-refractivity contribution is 6.40. The molecule has 2 aromatic carbocycles. The maximum absolute atomic E-state index is 12.9. The predicted octanol–water partition coefficient (Wildman–Crippen LogP) is 6.93. The van der Waals surface area contributed by atoms with Crippen LogP contribution in [0.15, 0.2) is 36.4 Å². The van der Waals surface area contributed by atoms with E-state index in [4.69, 9.17) is 44.3 Å². The summed E-state index contributed by atoms with van der Waals surface area (Å²) in [4.78, 5) is 17.5. The zero-order valence-corrected chi connectivity index (χ0v) is 22.9. The first-order valence-corrected chi connectivity index (χ1v) is 12.5. The fourth-order valence-corrected chi connectivity index (χ4v) is 4.88. The molecule has 1 heterocycles. The van der Waals surface area contributed by atoms with Crippen molar-refractivity contribution in [3.05, 3.63) is 68.7 Å². The van der Waals surface area contributed by atoms with Gasteiger partial charge in [0.15, 0.2) is 28.2 Å². The van der Waals surface area contributed by atoms with Gasteiger partial charge in [-0.3, -0.25) is 0 Å². The molecule has 1 aromatic heterocycles. The van der Waals surface area contributed by atoms with Crippen LogP contribution >= 0.6 is 34.8 Å². The molecule has 3 aromatic rings. The second kappa shape index (κ2) is 11.7. The number of hydrogen-bond acceptors (Lipinski definition) is 4. The van der Waals surface area contributed by atoms with Crippen LogP contribution in [0.1, 0.15) is 37.2 Å². The van der Waals surface area contributed by atoms with Crippen LogP contribution in [0.3, 0.4) is 0 Å². The van der Waals surface area contributed by atoms with Crippen molar-refractivity contribution in [2.24, 2.45) is 5.92 Å². The maximum atomic E-state index is 12.9. The molecular weight excluding hydrogens is 509 g/mol. The van der Waals surface area contributed by atoms with Gasteiger partial charge >= 0.3 is 6.41 Å². The molecule has 0 saturated carbocycles. The standard InChI is InChI=1S/C26H31Cl3N3O3/c1-17(2)12-13-32(16-33,20-10-11-21(34-4)24(35-5)23(20)27)15-22-30-25(28)26(29)31(22)14-19-9-7-6-8-18(19)3/h6-11,16-17H,12-15H2,1-5H3/q+1. The molecule has 0 radical (unpaired) electrons. The van der Waals surface area contributed by atoms with E-state index in [2.05, 4.69) is 18.8 Å². The molecule has 0 saturated heterocycles. The number of carbonyl (C=O) groups excluding carboxylic acids is 1. The zero-order valence-electron chi connectivity index (χ0n) is 20.6. The lowest BCUT2D eigenvalue weighted by molar-refractivity contribution is -0.118. The highest BCUT2D eigenvalue weighted by atomic mass is 35.5. The minimum absolute atomic E-state index is 0.102. The fraction of sp³-hybridized carbons (Fsp3) is 0.385. The number of ether oxygens (including phenoxy) is 2. The summed E-state index contributed by atoms with van der Waals surface area (Å²) in [5.41, 5.74) is 2.80. The van der Waals surface area contributed by atoms with Crippen LogP contribution in [0, 0.1) is 12.8 Å². The number of benzene rings is 2. The predicted molar refractivity (Wildman–Crippen MR) is 143 cm³/mol. The van der Waals surface area contributed by atoms with Crippen LogP contribution in [0.5, 0.6) is 11.5 Å². The lowest BCUT2D eigenvalue weighted by Gasteiger charge is -2.33. The van der Waals surface area contributed by atoms with Crippen LogP contribution in [0.2, 0.25) is 15.3 Å². The molecule has 0 aliphatic rings. The van der Waals surface area contributed by atoms with Crippen LogP contribution in [-0.4, -0.2) is 36.7 Å².